The Balaban J connectivity index is 0.621. The summed E-state index contributed by atoms with van der Waals surface area (Å²) >= 11 is 0. The summed E-state index contributed by atoms with van der Waals surface area (Å²) in [6, 6.07) is 0. The van der Waals surface area contributed by atoms with Crippen molar-refractivity contribution in [2.24, 2.45) is 46.3 Å². The maximum atomic E-state index is 13.6. The topological polar surface area (TPSA) is 181 Å². The molecule has 0 aromatic heterocycles. The highest BCUT2D eigenvalue weighted by Gasteiger charge is 3.01. The van der Waals surface area contributed by atoms with Crippen molar-refractivity contribution in [3.63, 3.8) is 0 Å². The standard InChI is InChI=1S/C55H76N2O11/c1-30(2)53-45(67-53)46-55(68-46)52(6)23-21-37-38(29-63-47(37)60)41(52)28-44-54(55,66-44)48(53)65-50(62)57-25-10-8-7-9-24-56-49(61)64-43-27-36(58)26-35(32(43)4)17-14-33-12-11-22-51(5)39(18-19-40(33)51)31(3)13-20-42(59)34-15-16-34/h13-14,17,20,30-31,34,36,39-46,48,58-59H,4,7-12,15-16,18-19,21-29H2,1-3,5-6H3,(H,56,61)(H,57,62)/b20-13+,33-14+,35-17-/t31-,36+,39?,40?,41-,42?,43-,44-,45-,46-,48+,51+,52-,53-,54+,55+/m0/s1. The van der Waals surface area contributed by atoms with Crippen molar-refractivity contribution in [3.05, 3.63) is 58.7 Å². The number of allylic oxidation sites excluding steroid dienone is 4. The van der Waals surface area contributed by atoms with E-state index in [0.717, 1.165) is 86.5 Å². The predicted molar refractivity (Wildman–Crippen MR) is 252 cm³/mol. The average molecular weight is 941 g/mol. The van der Waals surface area contributed by atoms with Gasteiger partial charge in [-0.25, -0.2) is 14.4 Å². The minimum absolute atomic E-state index is 0.0790. The van der Waals surface area contributed by atoms with Gasteiger partial charge in [0.2, 0.25) is 0 Å². The van der Waals surface area contributed by atoms with Gasteiger partial charge in [0.15, 0.2) is 11.7 Å². The van der Waals surface area contributed by atoms with Crippen molar-refractivity contribution in [2.75, 3.05) is 19.7 Å². The normalized spacial score (nSPS) is 44.7. The first-order chi connectivity index (χ1) is 32.6. The molecule has 0 bridgehead atoms. The Morgan fingerprint density at radius 3 is 2.37 bits per heavy atom. The number of rotatable bonds is 15. The fraction of sp³-hybridized carbons (Fsp3) is 0.764. The number of cyclic esters (lactones) is 1. The molecule has 7 aliphatic carbocycles. The van der Waals surface area contributed by atoms with E-state index in [1.54, 1.807) is 0 Å². The van der Waals surface area contributed by atoms with E-state index in [0.29, 0.717) is 62.6 Å². The van der Waals surface area contributed by atoms with Gasteiger partial charge in [0.25, 0.3) is 0 Å². The van der Waals surface area contributed by atoms with Gasteiger partial charge >= 0.3 is 18.2 Å². The molecule has 4 aliphatic heterocycles. The fourth-order valence-electron chi connectivity index (χ4n) is 15.9. The molecule has 2 spiro atoms. The first-order valence-corrected chi connectivity index (χ1v) is 26.5. The van der Waals surface area contributed by atoms with Crippen molar-refractivity contribution < 1.29 is 53.0 Å². The molecular formula is C55H76N2O11. The van der Waals surface area contributed by atoms with Crippen molar-refractivity contribution in [3.8, 4) is 0 Å². The van der Waals surface area contributed by atoms with Crippen molar-refractivity contribution in [1.29, 1.82) is 0 Å². The zero-order valence-corrected chi connectivity index (χ0v) is 41.0. The van der Waals surface area contributed by atoms with Gasteiger partial charge in [0.05, 0.1) is 18.3 Å². The monoisotopic (exact) mass is 941 g/mol. The van der Waals surface area contributed by atoms with Gasteiger partial charge in [-0.2, -0.15) is 0 Å². The van der Waals surface area contributed by atoms with Crippen LogP contribution >= 0.6 is 0 Å². The number of unbranched alkanes of at least 4 members (excludes halogenated alkanes) is 3. The number of ether oxygens (including phenoxy) is 6. The molecule has 9 fully saturated rings. The summed E-state index contributed by atoms with van der Waals surface area (Å²) in [6.07, 6.45) is 19.5. The van der Waals surface area contributed by atoms with Crippen LogP contribution in [0.5, 0.6) is 0 Å². The third-order valence-electron chi connectivity index (χ3n) is 19.8. The second-order valence-electron chi connectivity index (χ2n) is 23.7. The number of amides is 2. The van der Waals surface area contributed by atoms with Crippen LogP contribution < -0.4 is 10.6 Å². The average Bonchev–Trinajstić information content (AvgIpc) is 4.14. The van der Waals surface area contributed by atoms with E-state index < -0.39 is 47.3 Å². The number of aliphatic hydroxyl groups excluding tert-OH is 2. The number of aliphatic hydroxyl groups is 2. The van der Waals surface area contributed by atoms with Crippen LogP contribution in [0.2, 0.25) is 0 Å². The molecule has 3 unspecified atom stereocenters. The summed E-state index contributed by atoms with van der Waals surface area (Å²) in [6.45, 7) is 16.9. The molecule has 4 heterocycles. The highest BCUT2D eigenvalue weighted by molar-refractivity contribution is 5.92. The Bertz CT molecular complexity index is 2210. The SMILES string of the molecule is C=C1/C(=C\C=C2/CCC[C@@]3(C)C2CCC3[C@@H](C)/C=C/C(O)C2CC2)C[C@@H](O)C[C@@H]1OC(=O)NCCCCCCNC(=O)O[C@@H]1[C@@]2(C(C)C)O[C@H]2[C@@H]2O[C@]23[C@]12O[C@H]2C[C@H]1C2=C(CC[C@@]13C)C(=O)OC2. The zero-order valence-electron chi connectivity index (χ0n) is 41.0. The Morgan fingerprint density at radius 2 is 1.63 bits per heavy atom. The smallest absolute Gasteiger partial charge is 0.407 e. The molecule has 13 heteroatoms. The van der Waals surface area contributed by atoms with Gasteiger partial charge in [-0.1, -0.05) is 83.9 Å². The number of fused-ring (bicyclic) bond motifs is 5. The van der Waals surface area contributed by atoms with Gasteiger partial charge in [0.1, 0.15) is 36.1 Å². The minimum atomic E-state index is -0.787. The number of nitrogens with one attached hydrogen (secondary N) is 2. The van der Waals surface area contributed by atoms with E-state index in [1.807, 2.05) is 0 Å². The summed E-state index contributed by atoms with van der Waals surface area (Å²) in [5.74, 6) is 1.98. The molecule has 68 heavy (non-hydrogen) atoms. The van der Waals surface area contributed by atoms with E-state index in [2.05, 4.69) is 76.1 Å². The van der Waals surface area contributed by atoms with Crippen molar-refractivity contribution in [1.82, 2.24) is 10.6 Å². The molecule has 2 amide bonds. The second-order valence-corrected chi connectivity index (χ2v) is 23.7. The number of hydrogen-bond donors (Lipinski definition) is 4. The highest BCUT2D eigenvalue weighted by Crippen LogP contribution is 2.83. The predicted octanol–water partition coefficient (Wildman–Crippen LogP) is 8.24. The first-order valence-electron chi connectivity index (χ1n) is 26.5. The van der Waals surface area contributed by atoms with Gasteiger partial charge in [-0.05, 0) is 141 Å². The number of carbonyl (C=O) groups is 3. The highest BCUT2D eigenvalue weighted by atomic mass is 16.8. The third-order valence-corrected chi connectivity index (χ3v) is 19.8. The lowest BCUT2D eigenvalue weighted by atomic mass is 9.46. The lowest BCUT2D eigenvalue weighted by Crippen LogP contribution is -2.70. The first kappa shape index (κ1) is 46.9. The number of carbonyl (C=O) groups excluding carboxylic acids is 3. The molecule has 11 rings (SSSR count). The number of hydrogen-bond acceptors (Lipinski definition) is 11. The molecular weight excluding hydrogens is 865 g/mol. The maximum Gasteiger partial charge on any atom is 0.407 e. The van der Waals surface area contributed by atoms with Gasteiger partial charge in [0, 0.05) is 30.5 Å². The van der Waals surface area contributed by atoms with Crippen LogP contribution in [0.25, 0.3) is 0 Å². The zero-order chi connectivity index (χ0) is 47.5. The quantitative estimate of drug-likeness (QED) is 0.0408. The van der Waals surface area contributed by atoms with Crippen LogP contribution in [0.15, 0.2) is 58.7 Å². The Hall–Kier alpha value is -3.49. The van der Waals surface area contributed by atoms with Crippen LogP contribution in [0.3, 0.4) is 0 Å². The molecule has 16 atom stereocenters. The number of epoxide rings is 3. The molecule has 6 saturated carbocycles. The number of alkyl carbamates (subject to hydrolysis) is 2. The van der Waals surface area contributed by atoms with Crippen LogP contribution in [0.4, 0.5) is 9.59 Å². The largest absolute Gasteiger partial charge is 0.458 e. The Labute approximate surface area is 402 Å². The second kappa shape index (κ2) is 17.1. The van der Waals surface area contributed by atoms with Crippen LogP contribution in [0, 0.1) is 46.3 Å². The molecule has 3 saturated heterocycles. The minimum Gasteiger partial charge on any atom is -0.458 e. The lowest BCUT2D eigenvalue weighted by molar-refractivity contribution is -0.136. The Morgan fingerprint density at radius 1 is 0.882 bits per heavy atom. The summed E-state index contributed by atoms with van der Waals surface area (Å²) in [5, 5.41) is 27.2. The van der Waals surface area contributed by atoms with Crippen LogP contribution in [-0.4, -0.2) is 108 Å². The van der Waals surface area contributed by atoms with Gasteiger partial charge < -0.3 is 49.3 Å². The van der Waals surface area contributed by atoms with E-state index in [-0.39, 0.29) is 53.1 Å². The fourth-order valence-corrected chi connectivity index (χ4v) is 15.9. The number of esters is 1. The molecule has 0 aromatic carbocycles. The van der Waals surface area contributed by atoms with E-state index >= 15 is 0 Å². The van der Waals surface area contributed by atoms with Crippen molar-refractivity contribution in [2.45, 2.75) is 197 Å². The lowest BCUT2D eigenvalue weighted by Gasteiger charge is -2.53. The summed E-state index contributed by atoms with van der Waals surface area (Å²) < 4.78 is 37.9. The van der Waals surface area contributed by atoms with E-state index in [4.69, 9.17) is 28.4 Å². The van der Waals surface area contributed by atoms with Gasteiger partial charge in [-0.15, -0.1) is 0 Å². The van der Waals surface area contributed by atoms with Gasteiger partial charge in [-0.3, -0.25) is 0 Å². The summed E-state index contributed by atoms with van der Waals surface area (Å²) in [4.78, 5) is 39.1. The van der Waals surface area contributed by atoms with Crippen LogP contribution in [-0.2, 0) is 33.2 Å². The summed E-state index contributed by atoms with van der Waals surface area (Å²) in [5.41, 5.74) is 2.92. The van der Waals surface area contributed by atoms with Crippen LogP contribution in [0.1, 0.15) is 137 Å². The molecule has 4 N–H and O–H groups in total. The van der Waals surface area contributed by atoms with Crippen molar-refractivity contribution >= 4 is 18.2 Å². The summed E-state index contributed by atoms with van der Waals surface area (Å²) in [7, 11) is 0. The molecule has 11 aliphatic rings. The van der Waals surface area contributed by atoms with E-state index in [9.17, 15) is 24.6 Å². The molecule has 0 radical (unpaired) electrons. The Kier molecular flexibility index (Phi) is 11.8. The molecule has 0 aromatic rings. The molecule has 13 nitrogen and oxygen atoms in total. The maximum absolute atomic E-state index is 13.6. The third kappa shape index (κ3) is 7.26. The molecule has 372 valence electrons. The van der Waals surface area contributed by atoms with E-state index in [1.165, 1.54) is 24.8 Å².